The largest absolute Gasteiger partial charge is 0.356 e. The molecule has 2 heterocycles. The molecule has 5 N–H and O–H groups in total. The van der Waals surface area contributed by atoms with Crippen LogP contribution in [0.5, 0.6) is 0 Å². The molecule has 3 atom stereocenters. The first kappa shape index (κ1) is 30.1. The van der Waals surface area contributed by atoms with Crippen molar-refractivity contribution in [1.82, 2.24) is 26.3 Å². The Hall–Kier alpha value is -5.32. The van der Waals surface area contributed by atoms with E-state index in [-0.39, 0.29) is 31.0 Å². The molecule has 1 fully saturated rings. The van der Waals surface area contributed by atoms with Crippen molar-refractivity contribution in [2.75, 3.05) is 6.54 Å². The van der Waals surface area contributed by atoms with E-state index in [4.69, 9.17) is 0 Å². The highest BCUT2D eigenvalue weighted by atomic mass is 19.1. The zero-order valence-electron chi connectivity index (χ0n) is 23.8. The highest BCUT2D eigenvalue weighted by Crippen LogP contribution is 2.19. The lowest BCUT2D eigenvalue weighted by Crippen LogP contribution is -2.55. The van der Waals surface area contributed by atoms with Gasteiger partial charge in [-0.2, -0.15) is 0 Å². The average molecular weight is 598 g/mol. The quantitative estimate of drug-likeness (QED) is 0.159. The van der Waals surface area contributed by atoms with Crippen molar-refractivity contribution in [1.29, 1.82) is 0 Å². The Morgan fingerprint density at radius 3 is 2.25 bits per heavy atom. The molecule has 10 nitrogen and oxygen atoms in total. The maximum atomic E-state index is 13.7. The summed E-state index contributed by atoms with van der Waals surface area (Å²) < 4.78 is 13.7. The van der Waals surface area contributed by atoms with Gasteiger partial charge in [0, 0.05) is 36.3 Å². The van der Waals surface area contributed by atoms with Crippen molar-refractivity contribution >= 4 is 40.3 Å². The molecule has 0 spiro atoms. The summed E-state index contributed by atoms with van der Waals surface area (Å²) in [6.45, 7) is 0.538. The molecule has 0 radical (unpaired) electrons. The first-order valence-electron chi connectivity index (χ1n) is 14.3. The van der Waals surface area contributed by atoms with Gasteiger partial charge in [0.25, 0.3) is 11.8 Å². The standard InChI is InChI=1S/C33H32FN5O5/c34-24-12-11-22-16-28(37-25(22)18-24)32(43)39-27(15-20-7-3-1-4-8-20)31(42)38-26(17-23-13-14-35-30(23)41)29(40)33(44)36-19-21-9-5-2-6-10-21/h1-12,16,18,23,26-27,37H,13-15,17,19H2,(H,35,41)(H,36,44)(H,38,42)(H,39,43)/t23-,26?,27-/m0/s1. The lowest BCUT2D eigenvalue weighted by Gasteiger charge is -2.24. The van der Waals surface area contributed by atoms with Crippen LogP contribution in [-0.4, -0.2) is 53.0 Å². The maximum absolute atomic E-state index is 13.7. The lowest BCUT2D eigenvalue weighted by molar-refractivity contribution is -0.141. The Bertz CT molecular complexity index is 1670. The zero-order valence-corrected chi connectivity index (χ0v) is 23.8. The van der Waals surface area contributed by atoms with Crippen LogP contribution in [0.25, 0.3) is 10.9 Å². The second kappa shape index (κ2) is 13.8. The van der Waals surface area contributed by atoms with Gasteiger partial charge in [-0.15, -0.1) is 0 Å². The number of carbonyl (C=O) groups is 5. The van der Waals surface area contributed by atoms with Gasteiger partial charge in [-0.3, -0.25) is 24.0 Å². The minimum absolute atomic E-state index is 0.0747. The molecule has 1 aliphatic heterocycles. The Morgan fingerprint density at radius 2 is 1.57 bits per heavy atom. The molecule has 1 unspecified atom stereocenters. The van der Waals surface area contributed by atoms with Gasteiger partial charge in [-0.05, 0) is 48.2 Å². The summed E-state index contributed by atoms with van der Waals surface area (Å²) >= 11 is 0. The van der Waals surface area contributed by atoms with Crippen molar-refractivity contribution in [3.63, 3.8) is 0 Å². The fourth-order valence-corrected chi connectivity index (χ4v) is 5.20. The summed E-state index contributed by atoms with van der Waals surface area (Å²) in [7, 11) is 0. The van der Waals surface area contributed by atoms with Crippen LogP contribution in [-0.2, 0) is 32.1 Å². The predicted octanol–water partition coefficient (Wildman–Crippen LogP) is 2.54. The SMILES string of the molecule is O=C(NCc1ccccc1)C(=O)C(C[C@@H]1CCNC1=O)NC(=O)[C@H](Cc1ccccc1)NC(=O)c1cc2ccc(F)cc2[nH]1. The number of Topliss-reactive ketones (excluding diaryl/α,β-unsaturated/α-hetero) is 1. The number of aromatic nitrogens is 1. The van der Waals surface area contributed by atoms with E-state index in [0.717, 1.165) is 11.1 Å². The minimum atomic E-state index is -1.31. The van der Waals surface area contributed by atoms with Crippen molar-refractivity contribution in [3.05, 3.63) is 108 Å². The Kier molecular flexibility index (Phi) is 9.43. The number of benzene rings is 3. The van der Waals surface area contributed by atoms with Gasteiger partial charge < -0.3 is 26.3 Å². The Morgan fingerprint density at radius 1 is 0.864 bits per heavy atom. The molecule has 0 saturated carbocycles. The van der Waals surface area contributed by atoms with Crippen molar-refractivity contribution in [2.45, 2.75) is 37.9 Å². The number of fused-ring (bicyclic) bond motifs is 1. The number of hydrogen-bond donors (Lipinski definition) is 5. The van der Waals surface area contributed by atoms with Crippen LogP contribution < -0.4 is 21.3 Å². The second-order valence-corrected chi connectivity index (χ2v) is 10.7. The molecule has 5 rings (SSSR count). The van der Waals surface area contributed by atoms with E-state index in [1.165, 1.54) is 18.2 Å². The number of H-pyrrole nitrogens is 1. The van der Waals surface area contributed by atoms with E-state index in [1.54, 1.807) is 54.6 Å². The van der Waals surface area contributed by atoms with E-state index in [1.807, 2.05) is 12.1 Å². The third-order valence-corrected chi connectivity index (χ3v) is 7.57. The summed E-state index contributed by atoms with van der Waals surface area (Å²) in [4.78, 5) is 68.5. The van der Waals surface area contributed by atoms with Gasteiger partial charge in [0.1, 0.15) is 17.6 Å². The topological polar surface area (TPSA) is 149 Å². The number of nitrogens with one attached hydrogen (secondary N) is 5. The number of hydrogen-bond acceptors (Lipinski definition) is 5. The number of amides is 4. The molecule has 1 saturated heterocycles. The van der Waals surface area contributed by atoms with Gasteiger partial charge in [0.2, 0.25) is 17.6 Å². The molecule has 44 heavy (non-hydrogen) atoms. The normalized spacial score (nSPS) is 15.7. The smallest absolute Gasteiger partial charge is 0.289 e. The number of aromatic amines is 1. The van der Waals surface area contributed by atoms with Crippen LogP contribution >= 0.6 is 0 Å². The van der Waals surface area contributed by atoms with Gasteiger partial charge >= 0.3 is 0 Å². The van der Waals surface area contributed by atoms with E-state index < -0.39 is 47.3 Å². The summed E-state index contributed by atoms with van der Waals surface area (Å²) in [6.07, 6.45) is 0.461. The molecule has 0 bridgehead atoms. The summed E-state index contributed by atoms with van der Waals surface area (Å²) in [5.41, 5.74) is 2.06. The summed E-state index contributed by atoms with van der Waals surface area (Å²) in [5.74, 6) is -4.39. The average Bonchev–Trinajstić information content (AvgIpc) is 3.65. The number of halogens is 1. The highest BCUT2D eigenvalue weighted by Gasteiger charge is 2.35. The summed E-state index contributed by atoms with van der Waals surface area (Å²) in [6, 6.07) is 21.2. The van der Waals surface area contributed by atoms with Crippen LogP contribution in [0, 0.1) is 11.7 Å². The first-order valence-corrected chi connectivity index (χ1v) is 14.3. The van der Waals surface area contributed by atoms with Crippen molar-refractivity contribution in [3.8, 4) is 0 Å². The van der Waals surface area contributed by atoms with Crippen molar-refractivity contribution in [2.24, 2.45) is 5.92 Å². The molecule has 4 amide bonds. The van der Waals surface area contributed by atoms with Gasteiger partial charge in [-0.1, -0.05) is 60.7 Å². The molecular formula is C33H32FN5O5. The first-order chi connectivity index (χ1) is 21.3. The van der Waals surface area contributed by atoms with Gasteiger partial charge in [0.05, 0.1) is 6.04 Å². The fourth-order valence-electron chi connectivity index (χ4n) is 5.20. The van der Waals surface area contributed by atoms with Crippen LogP contribution in [0.4, 0.5) is 4.39 Å². The Labute approximate surface area is 252 Å². The zero-order chi connectivity index (χ0) is 31.1. The molecule has 0 aliphatic carbocycles. The fraction of sp³-hybridized carbons (Fsp3) is 0.242. The monoisotopic (exact) mass is 597 g/mol. The molecule has 226 valence electrons. The van der Waals surface area contributed by atoms with E-state index in [2.05, 4.69) is 26.3 Å². The van der Waals surface area contributed by atoms with Gasteiger partial charge in [0.15, 0.2) is 0 Å². The molecule has 11 heteroatoms. The molecule has 3 aromatic carbocycles. The molecule has 4 aromatic rings. The van der Waals surface area contributed by atoms with Crippen LogP contribution in [0.15, 0.2) is 84.9 Å². The second-order valence-electron chi connectivity index (χ2n) is 10.7. The number of ketones is 1. The van der Waals surface area contributed by atoms with Crippen LogP contribution in [0.3, 0.4) is 0 Å². The third kappa shape index (κ3) is 7.54. The molecule has 1 aliphatic rings. The number of rotatable bonds is 12. The van der Waals surface area contributed by atoms with E-state index >= 15 is 0 Å². The molecular weight excluding hydrogens is 565 g/mol. The van der Waals surface area contributed by atoms with E-state index in [9.17, 15) is 28.4 Å². The summed E-state index contributed by atoms with van der Waals surface area (Å²) in [5, 5.41) is 11.3. The third-order valence-electron chi connectivity index (χ3n) is 7.57. The Balaban J connectivity index is 1.35. The lowest BCUT2D eigenvalue weighted by atomic mass is 9.94. The van der Waals surface area contributed by atoms with Crippen LogP contribution in [0.2, 0.25) is 0 Å². The maximum Gasteiger partial charge on any atom is 0.289 e. The van der Waals surface area contributed by atoms with E-state index in [0.29, 0.717) is 23.9 Å². The number of carbonyl (C=O) groups excluding carboxylic acids is 5. The predicted molar refractivity (Wildman–Crippen MR) is 161 cm³/mol. The molecule has 1 aromatic heterocycles. The highest BCUT2D eigenvalue weighted by molar-refractivity contribution is 6.38. The van der Waals surface area contributed by atoms with Crippen LogP contribution in [0.1, 0.15) is 34.5 Å². The minimum Gasteiger partial charge on any atom is -0.356 e. The van der Waals surface area contributed by atoms with Crippen molar-refractivity contribution < 1.29 is 28.4 Å². The van der Waals surface area contributed by atoms with Gasteiger partial charge in [-0.25, -0.2) is 4.39 Å².